The van der Waals surface area contributed by atoms with Crippen LogP contribution in [0.2, 0.25) is 0 Å². The average Bonchev–Trinajstić information content (AvgIpc) is 2.15. The maximum absolute atomic E-state index is 12.8. The van der Waals surface area contributed by atoms with E-state index in [0.717, 1.165) is 5.56 Å². The molecule has 0 spiro atoms. The van der Waals surface area contributed by atoms with Crippen molar-refractivity contribution in [1.29, 1.82) is 0 Å². The highest BCUT2D eigenvalue weighted by atomic mass is 19.1. The van der Waals surface area contributed by atoms with Crippen LogP contribution in [0.3, 0.4) is 0 Å². The van der Waals surface area contributed by atoms with Gasteiger partial charge in [-0.05, 0) is 45.5 Å². The number of benzene rings is 1. The molecule has 0 radical (unpaired) electrons. The number of rotatable bonds is 4. The van der Waals surface area contributed by atoms with Crippen molar-refractivity contribution in [3.8, 4) is 0 Å². The molecule has 0 bridgehead atoms. The summed E-state index contributed by atoms with van der Waals surface area (Å²) in [7, 11) is 1.95. The Kier molecular flexibility index (Phi) is 4.05. The van der Waals surface area contributed by atoms with Crippen LogP contribution in [0.5, 0.6) is 0 Å². The van der Waals surface area contributed by atoms with Crippen molar-refractivity contribution in [2.24, 2.45) is 0 Å². The summed E-state index contributed by atoms with van der Waals surface area (Å²) in [6, 6.07) is 6.64. The third-order valence-corrected chi connectivity index (χ3v) is 2.65. The van der Waals surface area contributed by atoms with Crippen molar-refractivity contribution in [2.75, 3.05) is 13.6 Å². The molecule has 1 aromatic rings. The average molecular weight is 225 g/mol. The van der Waals surface area contributed by atoms with Crippen molar-refractivity contribution in [2.45, 2.75) is 32.4 Å². The summed E-state index contributed by atoms with van der Waals surface area (Å²) in [5.41, 5.74) is 0.330. The van der Waals surface area contributed by atoms with E-state index in [1.807, 2.05) is 18.9 Å². The van der Waals surface area contributed by atoms with Crippen LogP contribution < -0.4 is 0 Å². The lowest BCUT2D eigenvalue weighted by Crippen LogP contribution is -2.37. The van der Waals surface area contributed by atoms with Gasteiger partial charge in [0.1, 0.15) is 5.82 Å². The molecule has 1 atom stereocenters. The first-order valence-corrected chi connectivity index (χ1v) is 5.48. The van der Waals surface area contributed by atoms with Gasteiger partial charge in [0.05, 0.1) is 5.60 Å². The standard InChI is InChI=1S/C13H20FNO/c1-10(15(4)9-13(2,3)16)11-5-7-12(14)8-6-11/h5-8,10,16H,9H2,1-4H3. The van der Waals surface area contributed by atoms with Gasteiger partial charge in [-0.15, -0.1) is 0 Å². The Balaban J connectivity index is 2.70. The van der Waals surface area contributed by atoms with Gasteiger partial charge in [0, 0.05) is 12.6 Å². The van der Waals surface area contributed by atoms with E-state index in [0.29, 0.717) is 6.54 Å². The van der Waals surface area contributed by atoms with Gasteiger partial charge < -0.3 is 5.11 Å². The Morgan fingerprint density at radius 3 is 2.25 bits per heavy atom. The second-order valence-corrected chi connectivity index (χ2v) is 4.96. The predicted molar refractivity (Wildman–Crippen MR) is 63.7 cm³/mol. The van der Waals surface area contributed by atoms with E-state index in [2.05, 4.69) is 0 Å². The Labute approximate surface area is 96.7 Å². The third kappa shape index (κ3) is 3.91. The molecular weight excluding hydrogens is 205 g/mol. The van der Waals surface area contributed by atoms with Crippen molar-refractivity contribution in [1.82, 2.24) is 4.90 Å². The van der Waals surface area contributed by atoms with Gasteiger partial charge in [-0.3, -0.25) is 4.90 Å². The van der Waals surface area contributed by atoms with Crippen molar-refractivity contribution in [3.05, 3.63) is 35.6 Å². The SMILES string of the molecule is CC(c1ccc(F)cc1)N(C)CC(C)(C)O. The van der Waals surface area contributed by atoms with E-state index in [1.54, 1.807) is 26.0 Å². The molecule has 1 N–H and O–H groups in total. The van der Waals surface area contributed by atoms with Gasteiger partial charge in [-0.2, -0.15) is 0 Å². The summed E-state index contributed by atoms with van der Waals surface area (Å²) in [6.45, 7) is 6.17. The molecule has 2 nitrogen and oxygen atoms in total. The molecule has 0 saturated carbocycles. The van der Waals surface area contributed by atoms with Gasteiger partial charge in [0.25, 0.3) is 0 Å². The van der Waals surface area contributed by atoms with Gasteiger partial charge in [0.15, 0.2) is 0 Å². The van der Waals surface area contributed by atoms with Crippen molar-refractivity contribution < 1.29 is 9.50 Å². The molecule has 1 aromatic carbocycles. The molecule has 0 heterocycles. The summed E-state index contributed by atoms with van der Waals surface area (Å²) in [4.78, 5) is 2.05. The number of likely N-dealkylation sites (N-methyl/N-ethyl adjacent to an activating group) is 1. The van der Waals surface area contributed by atoms with Crippen molar-refractivity contribution >= 4 is 0 Å². The van der Waals surface area contributed by atoms with E-state index < -0.39 is 5.60 Å². The molecule has 0 aromatic heterocycles. The normalized spacial score (nSPS) is 14.2. The Bertz CT molecular complexity index is 329. The van der Waals surface area contributed by atoms with Crippen LogP contribution in [-0.4, -0.2) is 29.2 Å². The molecule has 0 fully saturated rings. The largest absolute Gasteiger partial charge is 0.389 e. The van der Waals surface area contributed by atoms with E-state index >= 15 is 0 Å². The molecule has 1 rings (SSSR count). The Morgan fingerprint density at radius 1 is 1.31 bits per heavy atom. The highest BCUT2D eigenvalue weighted by Gasteiger charge is 2.20. The lowest BCUT2D eigenvalue weighted by Gasteiger charge is -2.30. The van der Waals surface area contributed by atoms with Gasteiger partial charge in [-0.1, -0.05) is 12.1 Å². The topological polar surface area (TPSA) is 23.5 Å². The van der Waals surface area contributed by atoms with Gasteiger partial charge in [-0.25, -0.2) is 4.39 Å². The number of nitrogens with zero attached hydrogens (tertiary/aromatic N) is 1. The predicted octanol–water partition coefficient (Wildman–Crippen LogP) is 2.59. The van der Waals surface area contributed by atoms with Crippen LogP contribution in [0.15, 0.2) is 24.3 Å². The molecule has 90 valence electrons. The Morgan fingerprint density at radius 2 is 1.81 bits per heavy atom. The summed E-state index contributed by atoms with van der Waals surface area (Å²) < 4.78 is 12.8. The zero-order valence-electron chi connectivity index (χ0n) is 10.4. The molecule has 0 saturated heterocycles. The van der Waals surface area contributed by atoms with Gasteiger partial charge >= 0.3 is 0 Å². The molecule has 0 aliphatic heterocycles. The fourth-order valence-corrected chi connectivity index (χ4v) is 1.74. The van der Waals surface area contributed by atoms with Crippen LogP contribution in [0, 0.1) is 5.82 Å². The zero-order valence-corrected chi connectivity index (χ0v) is 10.4. The van der Waals surface area contributed by atoms with Gasteiger partial charge in [0.2, 0.25) is 0 Å². The fourth-order valence-electron chi connectivity index (χ4n) is 1.74. The Hall–Kier alpha value is -0.930. The maximum Gasteiger partial charge on any atom is 0.123 e. The van der Waals surface area contributed by atoms with Crippen molar-refractivity contribution in [3.63, 3.8) is 0 Å². The summed E-state index contributed by atoms with van der Waals surface area (Å²) in [5, 5.41) is 9.73. The van der Waals surface area contributed by atoms with Crippen LogP contribution in [0.4, 0.5) is 4.39 Å². The molecule has 1 unspecified atom stereocenters. The monoisotopic (exact) mass is 225 g/mol. The van der Waals surface area contributed by atoms with Crippen LogP contribution in [0.1, 0.15) is 32.4 Å². The van der Waals surface area contributed by atoms with Crippen LogP contribution >= 0.6 is 0 Å². The maximum atomic E-state index is 12.8. The first-order valence-electron chi connectivity index (χ1n) is 5.48. The fraction of sp³-hybridized carbons (Fsp3) is 0.538. The summed E-state index contributed by atoms with van der Waals surface area (Å²) in [6.07, 6.45) is 0. The molecule has 0 aliphatic carbocycles. The quantitative estimate of drug-likeness (QED) is 0.851. The summed E-state index contributed by atoms with van der Waals surface area (Å²) in [5.74, 6) is -0.221. The lowest BCUT2D eigenvalue weighted by molar-refractivity contribution is 0.0334. The second kappa shape index (κ2) is 4.93. The van der Waals surface area contributed by atoms with E-state index in [4.69, 9.17) is 0 Å². The number of halogens is 1. The van der Waals surface area contributed by atoms with E-state index in [-0.39, 0.29) is 11.9 Å². The molecule has 3 heteroatoms. The number of hydrogen-bond donors (Lipinski definition) is 1. The first-order chi connectivity index (χ1) is 7.29. The smallest absolute Gasteiger partial charge is 0.123 e. The first kappa shape index (κ1) is 13.1. The minimum atomic E-state index is -0.719. The minimum absolute atomic E-state index is 0.159. The van der Waals surface area contributed by atoms with Crippen LogP contribution in [-0.2, 0) is 0 Å². The summed E-state index contributed by atoms with van der Waals surface area (Å²) >= 11 is 0. The molecule has 0 amide bonds. The highest BCUT2D eigenvalue weighted by molar-refractivity contribution is 5.19. The zero-order chi connectivity index (χ0) is 12.3. The van der Waals surface area contributed by atoms with Crippen LogP contribution in [0.25, 0.3) is 0 Å². The molecular formula is C13H20FNO. The third-order valence-electron chi connectivity index (χ3n) is 2.65. The number of hydrogen-bond acceptors (Lipinski definition) is 2. The molecule has 16 heavy (non-hydrogen) atoms. The minimum Gasteiger partial charge on any atom is -0.389 e. The second-order valence-electron chi connectivity index (χ2n) is 4.96. The molecule has 0 aliphatic rings. The number of aliphatic hydroxyl groups is 1. The van der Waals surface area contributed by atoms with E-state index in [9.17, 15) is 9.50 Å². The van der Waals surface area contributed by atoms with E-state index in [1.165, 1.54) is 12.1 Å². The highest BCUT2D eigenvalue weighted by Crippen LogP contribution is 2.20. The lowest BCUT2D eigenvalue weighted by atomic mass is 10.0.